The van der Waals surface area contributed by atoms with Gasteiger partial charge in [-0.15, -0.1) is 0 Å². The van der Waals surface area contributed by atoms with E-state index in [0.29, 0.717) is 18.1 Å². The van der Waals surface area contributed by atoms with Crippen LogP contribution in [0.4, 0.5) is 0 Å². The molecule has 0 aliphatic heterocycles. The van der Waals surface area contributed by atoms with Gasteiger partial charge in [0, 0.05) is 17.9 Å². The van der Waals surface area contributed by atoms with Crippen LogP contribution in [0.1, 0.15) is 38.5 Å². The topological polar surface area (TPSA) is 17.1 Å². The summed E-state index contributed by atoms with van der Waals surface area (Å²) >= 11 is 5.35. The number of halogens is 1. The summed E-state index contributed by atoms with van der Waals surface area (Å²) < 4.78 is 0. The predicted molar refractivity (Wildman–Crippen MR) is 51.2 cm³/mol. The van der Waals surface area contributed by atoms with E-state index in [1.165, 1.54) is 24.8 Å². The van der Waals surface area contributed by atoms with E-state index in [-0.39, 0.29) is 0 Å². The summed E-state index contributed by atoms with van der Waals surface area (Å²) in [6.07, 6.45) is 8.19. The molecule has 1 nitrogen and oxygen atoms in total. The van der Waals surface area contributed by atoms with E-state index in [9.17, 15) is 4.79 Å². The summed E-state index contributed by atoms with van der Waals surface area (Å²) in [5, 5.41) is 0. The highest BCUT2D eigenvalue weighted by atomic mass is 35.5. The van der Waals surface area contributed by atoms with Crippen LogP contribution in [0.5, 0.6) is 0 Å². The first-order valence-electron chi connectivity index (χ1n) is 4.62. The van der Waals surface area contributed by atoms with Crippen molar-refractivity contribution in [2.24, 2.45) is 5.92 Å². The molecule has 1 aliphatic carbocycles. The Hall–Kier alpha value is -0.300. The lowest BCUT2D eigenvalue weighted by molar-refractivity contribution is -0.122. The number of hydrogen-bond acceptors (Lipinski definition) is 1. The fourth-order valence-corrected chi connectivity index (χ4v) is 1.84. The highest BCUT2D eigenvalue weighted by molar-refractivity contribution is 6.25. The Morgan fingerprint density at radius 2 is 2.00 bits per heavy atom. The first kappa shape index (κ1) is 9.79. The summed E-state index contributed by atoms with van der Waals surface area (Å²) in [6.45, 7) is 0. The Bertz CT molecular complexity index is 169. The minimum Gasteiger partial charge on any atom is -0.299 e. The van der Waals surface area contributed by atoms with Crippen LogP contribution in [-0.4, -0.2) is 5.78 Å². The van der Waals surface area contributed by atoms with Gasteiger partial charge in [0.1, 0.15) is 5.78 Å². The van der Waals surface area contributed by atoms with Crippen molar-refractivity contribution < 1.29 is 4.79 Å². The second-order valence-corrected chi connectivity index (χ2v) is 3.62. The summed E-state index contributed by atoms with van der Waals surface area (Å²) in [6, 6.07) is 0. The van der Waals surface area contributed by atoms with Crippen molar-refractivity contribution in [1.82, 2.24) is 0 Å². The molecule has 0 heterocycles. The van der Waals surface area contributed by atoms with Crippen LogP contribution < -0.4 is 0 Å². The maximum absolute atomic E-state index is 11.4. The normalized spacial score (nSPS) is 20.1. The number of Topliss-reactive ketones (excluding diaryl/α,β-unsaturated/α-hetero) is 1. The molecule has 1 fully saturated rings. The summed E-state index contributed by atoms with van der Waals surface area (Å²) in [5.41, 5.74) is 1.43. The van der Waals surface area contributed by atoms with E-state index >= 15 is 0 Å². The van der Waals surface area contributed by atoms with E-state index < -0.39 is 0 Å². The van der Waals surface area contributed by atoms with Gasteiger partial charge >= 0.3 is 0 Å². The third-order valence-electron chi connectivity index (χ3n) is 2.47. The monoisotopic (exact) mass is 186 g/mol. The second-order valence-electron chi connectivity index (χ2n) is 3.37. The number of hydrogen-bond donors (Lipinski definition) is 0. The lowest BCUT2D eigenvalue weighted by Gasteiger charge is -2.19. The molecule has 0 spiro atoms. The van der Waals surface area contributed by atoms with Crippen LogP contribution in [0.25, 0.3) is 0 Å². The van der Waals surface area contributed by atoms with Crippen molar-refractivity contribution in [3.05, 3.63) is 11.6 Å². The Morgan fingerprint density at radius 3 is 2.58 bits per heavy atom. The number of carbonyl (C=O) groups is 1. The lowest BCUT2D eigenvalue weighted by atomic mass is 9.85. The molecule has 0 radical (unpaired) electrons. The van der Waals surface area contributed by atoms with E-state index in [4.69, 9.17) is 11.6 Å². The zero-order valence-electron chi connectivity index (χ0n) is 7.26. The van der Waals surface area contributed by atoms with Crippen LogP contribution in [-0.2, 0) is 4.79 Å². The van der Waals surface area contributed by atoms with Crippen molar-refractivity contribution in [3.8, 4) is 0 Å². The fraction of sp³-hybridized carbons (Fsp3) is 0.700. The Kier molecular flexibility index (Phi) is 4.37. The molecule has 0 aromatic carbocycles. The zero-order chi connectivity index (χ0) is 8.81. The molecule has 68 valence electrons. The van der Waals surface area contributed by atoms with Gasteiger partial charge in [-0.1, -0.05) is 36.9 Å². The van der Waals surface area contributed by atoms with Crippen molar-refractivity contribution in [1.29, 1.82) is 0 Å². The van der Waals surface area contributed by atoms with Crippen LogP contribution in [0.3, 0.4) is 0 Å². The van der Waals surface area contributed by atoms with Crippen molar-refractivity contribution in [2.75, 3.05) is 0 Å². The van der Waals surface area contributed by atoms with E-state index in [2.05, 4.69) is 0 Å². The summed E-state index contributed by atoms with van der Waals surface area (Å²) in [4.78, 5) is 11.4. The molecule has 0 N–H and O–H groups in total. The number of ketones is 1. The molecule has 1 rings (SSSR count). The summed E-state index contributed by atoms with van der Waals surface area (Å²) in [7, 11) is 0. The highest BCUT2D eigenvalue weighted by Crippen LogP contribution is 2.25. The molecule has 1 aliphatic rings. The largest absolute Gasteiger partial charge is 0.299 e. The molecule has 0 atom stereocenters. The number of carbonyl (C=O) groups excluding carboxylic acids is 1. The molecule has 0 amide bonds. The quantitative estimate of drug-likeness (QED) is 0.661. The minimum atomic E-state index is 0.326. The van der Waals surface area contributed by atoms with E-state index in [1.807, 2.05) is 0 Å². The molecular weight excluding hydrogens is 172 g/mol. The van der Waals surface area contributed by atoms with E-state index in [1.54, 1.807) is 6.08 Å². The maximum atomic E-state index is 11.4. The Balaban J connectivity index is 2.29. The van der Waals surface area contributed by atoms with Crippen LogP contribution in [0.15, 0.2) is 11.6 Å². The highest BCUT2D eigenvalue weighted by Gasteiger charge is 2.19. The molecule has 0 aromatic heterocycles. The zero-order valence-corrected chi connectivity index (χ0v) is 8.02. The van der Waals surface area contributed by atoms with Gasteiger partial charge in [-0.25, -0.2) is 0 Å². The SMILES string of the molecule is O=C(C/C=C\Cl)C1CCCCC1. The Morgan fingerprint density at radius 1 is 1.33 bits per heavy atom. The molecule has 0 saturated heterocycles. The van der Waals surface area contributed by atoms with Crippen LogP contribution in [0, 0.1) is 5.92 Å². The predicted octanol–water partition coefficient (Wildman–Crippen LogP) is 3.28. The standard InChI is InChI=1S/C10H15ClO/c11-8-4-7-10(12)9-5-2-1-3-6-9/h4,8-9H,1-3,5-7H2/b8-4-. The van der Waals surface area contributed by atoms with Crippen molar-refractivity contribution in [2.45, 2.75) is 38.5 Å². The Labute approximate surface area is 78.8 Å². The minimum absolute atomic E-state index is 0.326. The molecule has 2 heteroatoms. The van der Waals surface area contributed by atoms with Crippen molar-refractivity contribution >= 4 is 17.4 Å². The number of rotatable bonds is 3. The lowest BCUT2D eigenvalue weighted by Crippen LogP contribution is -2.16. The molecule has 0 unspecified atom stereocenters. The van der Waals surface area contributed by atoms with Gasteiger partial charge in [0.15, 0.2) is 0 Å². The first-order valence-corrected chi connectivity index (χ1v) is 5.06. The van der Waals surface area contributed by atoms with Gasteiger partial charge in [0.25, 0.3) is 0 Å². The van der Waals surface area contributed by atoms with Gasteiger partial charge in [-0.05, 0) is 12.8 Å². The van der Waals surface area contributed by atoms with E-state index in [0.717, 1.165) is 12.8 Å². The van der Waals surface area contributed by atoms with Crippen LogP contribution in [0.2, 0.25) is 0 Å². The van der Waals surface area contributed by atoms with Gasteiger partial charge in [0.05, 0.1) is 0 Å². The molecule has 0 bridgehead atoms. The van der Waals surface area contributed by atoms with Crippen LogP contribution >= 0.6 is 11.6 Å². The van der Waals surface area contributed by atoms with Crippen molar-refractivity contribution in [3.63, 3.8) is 0 Å². The van der Waals surface area contributed by atoms with Gasteiger partial charge in [-0.2, -0.15) is 0 Å². The molecule has 12 heavy (non-hydrogen) atoms. The molecule has 0 aromatic rings. The second kappa shape index (κ2) is 5.36. The first-order chi connectivity index (χ1) is 5.84. The van der Waals surface area contributed by atoms with Gasteiger partial charge < -0.3 is 0 Å². The van der Waals surface area contributed by atoms with Gasteiger partial charge in [-0.3, -0.25) is 4.79 Å². The number of allylic oxidation sites excluding steroid dienone is 1. The third kappa shape index (κ3) is 2.98. The fourth-order valence-electron chi connectivity index (χ4n) is 1.75. The average Bonchev–Trinajstić information content (AvgIpc) is 2.15. The summed E-state index contributed by atoms with van der Waals surface area (Å²) in [5.74, 6) is 0.693. The molecule has 1 saturated carbocycles. The molecular formula is C10H15ClO. The van der Waals surface area contributed by atoms with Gasteiger partial charge in [0.2, 0.25) is 0 Å². The maximum Gasteiger partial charge on any atom is 0.139 e. The smallest absolute Gasteiger partial charge is 0.139 e. The average molecular weight is 187 g/mol. The third-order valence-corrected chi connectivity index (χ3v) is 2.65.